The molecule has 1 aliphatic rings. The van der Waals surface area contributed by atoms with E-state index in [9.17, 15) is 9.59 Å². The molecule has 0 saturated carbocycles. The van der Waals surface area contributed by atoms with Crippen LogP contribution < -0.4 is 16.0 Å². The molecule has 27 heavy (non-hydrogen) atoms. The number of aryl methyl sites for hydroxylation is 1. The van der Waals surface area contributed by atoms with Gasteiger partial charge in [0.05, 0.1) is 6.42 Å². The number of para-hydroxylation sites is 1. The van der Waals surface area contributed by atoms with Gasteiger partial charge in [0.2, 0.25) is 11.8 Å². The van der Waals surface area contributed by atoms with Crippen molar-refractivity contribution in [3.8, 4) is 0 Å². The number of anilines is 2. The fraction of sp³-hybridized carbons (Fsp3) is 0.333. The van der Waals surface area contributed by atoms with Gasteiger partial charge in [0.25, 0.3) is 0 Å². The summed E-state index contributed by atoms with van der Waals surface area (Å²) in [4.78, 5) is 23.7. The molecule has 0 unspecified atom stereocenters. The highest BCUT2D eigenvalue weighted by Gasteiger charge is 2.17. The van der Waals surface area contributed by atoms with Crippen LogP contribution in [-0.2, 0) is 29.0 Å². The van der Waals surface area contributed by atoms with E-state index >= 15 is 0 Å². The van der Waals surface area contributed by atoms with Crippen LogP contribution in [0, 0.1) is 0 Å². The van der Waals surface area contributed by atoms with Crippen LogP contribution in [0.25, 0.3) is 0 Å². The highest BCUT2D eigenvalue weighted by molar-refractivity contribution is 5.99. The van der Waals surface area contributed by atoms with Crippen LogP contribution in [0.1, 0.15) is 36.5 Å². The molecule has 0 saturated heterocycles. The van der Waals surface area contributed by atoms with E-state index in [0.717, 1.165) is 48.4 Å². The summed E-state index contributed by atoms with van der Waals surface area (Å²) in [6, 6.07) is 13.9. The second-order valence-electron chi connectivity index (χ2n) is 6.56. The summed E-state index contributed by atoms with van der Waals surface area (Å²) in [5.41, 5.74) is 5.10. The highest BCUT2D eigenvalue weighted by Crippen LogP contribution is 2.24. The number of fused-ring (bicyclic) bond motifs is 1. The number of rotatable bonds is 8. The molecule has 2 aromatic carbocycles. The van der Waals surface area contributed by atoms with E-state index in [2.05, 4.69) is 28.9 Å². The van der Waals surface area contributed by atoms with Crippen LogP contribution in [0.4, 0.5) is 11.4 Å². The molecule has 2 amide bonds. The van der Waals surface area contributed by atoms with Gasteiger partial charge >= 0.3 is 0 Å². The first-order valence-corrected chi connectivity index (χ1v) is 9.16. The number of hydrogen-bond donors (Lipinski definition) is 3. The summed E-state index contributed by atoms with van der Waals surface area (Å²) in [6.45, 7) is 3.70. The molecule has 3 rings (SSSR count). The van der Waals surface area contributed by atoms with Crippen molar-refractivity contribution in [3.63, 3.8) is 0 Å². The van der Waals surface area contributed by atoms with Crippen LogP contribution in [0.3, 0.4) is 0 Å². The Balaban J connectivity index is 0.00000261. The number of carbonyl (C=O) groups excluding carboxylic acids is 2. The smallest absolute Gasteiger partial charge is 0.228 e. The SMILES string of the molecule is CCNCc1ccccc1NC(=O)CCCc1ccc2c(c1)CC(=O)N2.Cl. The molecule has 0 aliphatic carbocycles. The van der Waals surface area contributed by atoms with Crippen molar-refractivity contribution in [2.45, 2.75) is 39.2 Å². The zero-order chi connectivity index (χ0) is 18.4. The van der Waals surface area contributed by atoms with E-state index in [1.54, 1.807) is 0 Å². The van der Waals surface area contributed by atoms with Crippen LogP contribution in [0.15, 0.2) is 42.5 Å². The lowest BCUT2D eigenvalue weighted by molar-refractivity contribution is -0.116. The van der Waals surface area contributed by atoms with Crippen molar-refractivity contribution in [1.29, 1.82) is 0 Å². The van der Waals surface area contributed by atoms with Crippen molar-refractivity contribution in [2.75, 3.05) is 17.2 Å². The maximum atomic E-state index is 12.3. The molecule has 0 aromatic heterocycles. The molecule has 144 valence electrons. The minimum absolute atomic E-state index is 0. The molecule has 1 aliphatic heterocycles. The van der Waals surface area contributed by atoms with E-state index in [0.29, 0.717) is 12.8 Å². The topological polar surface area (TPSA) is 70.2 Å². The molecule has 1 heterocycles. The maximum absolute atomic E-state index is 12.3. The van der Waals surface area contributed by atoms with Crippen LogP contribution in [0.2, 0.25) is 0 Å². The standard InChI is InChI=1S/C21H25N3O2.ClH/c1-2-22-14-16-7-3-4-8-18(16)23-20(25)9-5-6-15-10-11-19-17(12-15)13-21(26)24-19;/h3-4,7-8,10-12,22H,2,5-6,9,13-14H2,1H3,(H,23,25)(H,24,26);1H. The Labute approximate surface area is 166 Å². The Kier molecular flexibility index (Phi) is 7.82. The monoisotopic (exact) mass is 387 g/mol. The van der Waals surface area contributed by atoms with Gasteiger partial charge in [0.15, 0.2) is 0 Å². The lowest BCUT2D eigenvalue weighted by Crippen LogP contribution is -2.17. The normalized spacial score (nSPS) is 12.1. The minimum Gasteiger partial charge on any atom is -0.326 e. The van der Waals surface area contributed by atoms with Gasteiger partial charge < -0.3 is 16.0 Å². The number of amides is 2. The summed E-state index contributed by atoms with van der Waals surface area (Å²) in [6.07, 6.45) is 2.53. The Morgan fingerprint density at radius 3 is 2.81 bits per heavy atom. The summed E-state index contributed by atoms with van der Waals surface area (Å²) in [5.74, 6) is 0.0831. The van der Waals surface area contributed by atoms with E-state index < -0.39 is 0 Å². The summed E-state index contributed by atoms with van der Waals surface area (Å²) in [5, 5.41) is 9.14. The Morgan fingerprint density at radius 2 is 2.00 bits per heavy atom. The predicted octanol–water partition coefficient (Wildman–Crippen LogP) is 3.67. The van der Waals surface area contributed by atoms with E-state index in [-0.39, 0.29) is 24.2 Å². The molecule has 3 N–H and O–H groups in total. The quantitative estimate of drug-likeness (QED) is 0.647. The zero-order valence-electron chi connectivity index (χ0n) is 15.5. The third kappa shape index (κ3) is 5.81. The van der Waals surface area contributed by atoms with Crippen molar-refractivity contribution < 1.29 is 9.59 Å². The molecular weight excluding hydrogens is 362 g/mol. The average molecular weight is 388 g/mol. The lowest BCUT2D eigenvalue weighted by Gasteiger charge is -2.11. The maximum Gasteiger partial charge on any atom is 0.228 e. The Morgan fingerprint density at radius 1 is 1.19 bits per heavy atom. The second kappa shape index (κ2) is 10.1. The van der Waals surface area contributed by atoms with Gasteiger partial charge in [-0.05, 0) is 48.2 Å². The first-order valence-electron chi connectivity index (χ1n) is 9.16. The molecule has 0 bridgehead atoms. The molecule has 0 radical (unpaired) electrons. The fourth-order valence-corrected chi connectivity index (χ4v) is 3.16. The molecule has 5 nitrogen and oxygen atoms in total. The van der Waals surface area contributed by atoms with E-state index in [1.165, 1.54) is 5.56 Å². The lowest BCUT2D eigenvalue weighted by atomic mass is 10.0. The predicted molar refractivity (Wildman–Crippen MR) is 111 cm³/mol. The molecule has 0 spiro atoms. The van der Waals surface area contributed by atoms with Gasteiger partial charge in [-0.1, -0.05) is 37.3 Å². The van der Waals surface area contributed by atoms with Crippen LogP contribution in [-0.4, -0.2) is 18.4 Å². The van der Waals surface area contributed by atoms with Crippen molar-refractivity contribution in [2.24, 2.45) is 0 Å². The molecular formula is C21H26ClN3O2. The Hall–Kier alpha value is -2.37. The number of halogens is 1. The van der Waals surface area contributed by atoms with Gasteiger partial charge in [-0.2, -0.15) is 0 Å². The summed E-state index contributed by atoms with van der Waals surface area (Å²) >= 11 is 0. The molecule has 6 heteroatoms. The third-order valence-corrected chi connectivity index (χ3v) is 4.52. The molecule has 2 aromatic rings. The first kappa shape index (κ1) is 20.9. The minimum atomic E-state index is 0. The average Bonchev–Trinajstić information content (AvgIpc) is 3.00. The number of benzene rings is 2. The zero-order valence-corrected chi connectivity index (χ0v) is 16.3. The fourth-order valence-electron chi connectivity index (χ4n) is 3.16. The van der Waals surface area contributed by atoms with Crippen molar-refractivity contribution >= 4 is 35.6 Å². The van der Waals surface area contributed by atoms with E-state index in [4.69, 9.17) is 0 Å². The van der Waals surface area contributed by atoms with Gasteiger partial charge in [0, 0.05) is 24.3 Å². The largest absolute Gasteiger partial charge is 0.326 e. The molecule has 0 fully saturated rings. The highest BCUT2D eigenvalue weighted by atomic mass is 35.5. The summed E-state index contributed by atoms with van der Waals surface area (Å²) < 4.78 is 0. The first-order chi connectivity index (χ1) is 12.7. The summed E-state index contributed by atoms with van der Waals surface area (Å²) in [7, 11) is 0. The number of nitrogens with one attached hydrogen (secondary N) is 3. The van der Waals surface area contributed by atoms with Gasteiger partial charge in [-0.3, -0.25) is 9.59 Å². The van der Waals surface area contributed by atoms with Gasteiger partial charge in [0.1, 0.15) is 0 Å². The van der Waals surface area contributed by atoms with Crippen LogP contribution >= 0.6 is 12.4 Å². The van der Waals surface area contributed by atoms with E-state index in [1.807, 2.05) is 36.4 Å². The van der Waals surface area contributed by atoms with Crippen LogP contribution in [0.5, 0.6) is 0 Å². The third-order valence-electron chi connectivity index (χ3n) is 4.52. The van der Waals surface area contributed by atoms with Gasteiger partial charge in [-0.25, -0.2) is 0 Å². The number of carbonyl (C=O) groups is 2. The number of hydrogen-bond acceptors (Lipinski definition) is 3. The molecule has 0 atom stereocenters. The Bertz CT molecular complexity index is 808. The van der Waals surface area contributed by atoms with Crippen molar-refractivity contribution in [1.82, 2.24) is 5.32 Å². The van der Waals surface area contributed by atoms with Gasteiger partial charge in [-0.15, -0.1) is 12.4 Å². The van der Waals surface area contributed by atoms with Crippen molar-refractivity contribution in [3.05, 3.63) is 59.2 Å². The second-order valence-corrected chi connectivity index (χ2v) is 6.56.